The number of aromatic nitrogens is 3. The second kappa shape index (κ2) is 4.14. The standard InChI is InChI=1S/C11H13ClN4/c1-6(2)10-14-11(16-15-10)8-4-3-7(13)5-9(8)12/h3-6H,13H2,1-2H3,(H,14,15,16). The predicted octanol–water partition coefficient (Wildman–Crippen LogP) is 2.83. The van der Waals surface area contributed by atoms with Crippen LogP contribution in [-0.4, -0.2) is 15.2 Å². The van der Waals surface area contributed by atoms with E-state index in [1.54, 1.807) is 12.1 Å². The summed E-state index contributed by atoms with van der Waals surface area (Å²) in [5, 5.41) is 7.60. The zero-order valence-corrected chi connectivity index (χ0v) is 9.92. The Hall–Kier alpha value is -1.55. The van der Waals surface area contributed by atoms with Gasteiger partial charge in [0, 0.05) is 17.2 Å². The Morgan fingerprint density at radius 2 is 2.12 bits per heavy atom. The van der Waals surface area contributed by atoms with Gasteiger partial charge in [0.2, 0.25) is 0 Å². The van der Waals surface area contributed by atoms with Crippen LogP contribution in [0.1, 0.15) is 25.6 Å². The number of nitrogens with two attached hydrogens (primary N) is 1. The zero-order chi connectivity index (χ0) is 11.7. The summed E-state index contributed by atoms with van der Waals surface area (Å²) in [5.74, 6) is 1.77. The molecule has 4 nitrogen and oxygen atoms in total. The van der Waals surface area contributed by atoms with Crippen molar-refractivity contribution in [3.05, 3.63) is 29.0 Å². The maximum absolute atomic E-state index is 6.08. The van der Waals surface area contributed by atoms with Crippen molar-refractivity contribution in [3.63, 3.8) is 0 Å². The molecule has 1 aromatic carbocycles. The molecule has 1 heterocycles. The van der Waals surface area contributed by atoms with Gasteiger partial charge in [-0.25, -0.2) is 4.98 Å². The third-order valence-corrected chi connectivity index (χ3v) is 2.60. The molecule has 1 aromatic heterocycles. The number of H-pyrrole nitrogens is 1. The number of hydrogen-bond donors (Lipinski definition) is 2. The molecule has 16 heavy (non-hydrogen) atoms. The van der Waals surface area contributed by atoms with Gasteiger partial charge in [0.25, 0.3) is 0 Å². The molecule has 2 rings (SSSR count). The molecule has 0 saturated heterocycles. The van der Waals surface area contributed by atoms with E-state index < -0.39 is 0 Å². The molecule has 0 bridgehead atoms. The Labute approximate surface area is 98.8 Å². The first-order chi connectivity index (χ1) is 7.58. The van der Waals surface area contributed by atoms with Crippen LogP contribution >= 0.6 is 11.6 Å². The van der Waals surface area contributed by atoms with Crippen LogP contribution in [0.25, 0.3) is 11.4 Å². The van der Waals surface area contributed by atoms with E-state index in [9.17, 15) is 0 Å². The second-order valence-corrected chi connectivity index (χ2v) is 4.35. The summed E-state index contributed by atoms with van der Waals surface area (Å²) >= 11 is 6.08. The molecule has 0 aliphatic heterocycles. The van der Waals surface area contributed by atoms with E-state index in [-0.39, 0.29) is 0 Å². The van der Waals surface area contributed by atoms with Crippen LogP contribution in [0, 0.1) is 0 Å². The SMILES string of the molecule is CC(C)c1nc(-c2ccc(N)cc2Cl)n[nH]1. The third kappa shape index (κ3) is 2.02. The van der Waals surface area contributed by atoms with Crippen LogP contribution in [0.15, 0.2) is 18.2 Å². The zero-order valence-electron chi connectivity index (χ0n) is 9.16. The summed E-state index contributed by atoms with van der Waals surface area (Å²) in [7, 11) is 0. The number of halogens is 1. The average Bonchev–Trinajstić information content (AvgIpc) is 2.66. The molecular formula is C11H13ClN4. The molecule has 0 fully saturated rings. The van der Waals surface area contributed by atoms with Gasteiger partial charge in [-0.15, -0.1) is 0 Å². The van der Waals surface area contributed by atoms with Crippen LogP contribution < -0.4 is 5.73 Å². The van der Waals surface area contributed by atoms with Crippen molar-refractivity contribution in [1.29, 1.82) is 0 Å². The predicted molar refractivity (Wildman–Crippen MR) is 65.3 cm³/mol. The summed E-state index contributed by atoms with van der Waals surface area (Å²) in [6.07, 6.45) is 0. The van der Waals surface area contributed by atoms with Crippen molar-refractivity contribution in [2.24, 2.45) is 0 Å². The maximum Gasteiger partial charge on any atom is 0.182 e. The Kier molecular flexibility index (Phi) is 2.83. The lowest BCUT2D eigenvalue weighted by molar-refractivity contribution is 0.781. The van der Waals surface area contributed by atoms with Gasteiger partial charge in [-0.3, -0.25) is 5.10 Å². The largest absolute Gasteiger partial charge is 0.399 e. The number of hydrogen-bond acceptors (Lipinski definition) is 3. The number of nitrogen functional groups attached to an aromatic ring is 1. The third-order valence-electron chi connectivity index (χ3n) is 2.28. The van der Waals surface area contributed by atoms with Gasteiger partial charge in [-0.1, -0.05) is 25.4 Å². The second-order valence-electron chi connectivity index (χ2n) is 3.94. The minimum Gasteiger partial charge on any atom is -0.399 e. The molecule has 0 saturated carbocycles. The van der Waals surface area contributed by atoms with Crippen LogP contribution in [0.2, 0.25) is 5.02 Å². The highest BCUT2D eigenvalue weighted by Gasteiger charge is 2.11. The molecule has 5 heteroatoms. The van der Waals surface area contributed by atoms with Crippen LogP contribution in [-0.2, 0) is 0 Å². The molecular weight excluding hydrogens is 224 g/mol. The van der Waals surface area contributed by atoms with Gasteiger partial charge in [-0.2, -0.15) is 5.10 Å². The van der Waals surface area contributed by atoms with E-state index >= 15 is 0 Å². The molecule has 3 N–H and O–H groups in total. The summed E-state index contributed by atoms with van der Waals surface area (Å²) in [6, 6.07) is 5.31. The van der Waals surface area contributed by atoms with E-state index in [0.29, 0.717) is 22.5 Å². The summed E-state index contributed by atoms with van der Waals surface area (Å²) in [4.78, 5) is 4.38. The monoisotopic (exact) mass is 236 g/mol. The van der Waals surface area contributed by atoms with E-state index in [1.165, 1.54) is 0 Å². The number of rotatable bonds is 2. The van der Waals surface area contributed by atoms with Crippen molar-refractivity contribution in [3.8, 4) is 11.4 Å². The highest BCUT2D eigenvalue weighted by molar-refractivity contribution is 6.33. The van der Waals surface area contributed by atoms with Crippen molar-refractivity contribution >= 4 is 17.3 Å². The number of nitrogens with one attached hydrogen (secondary N) is 1. The van der Waals surface area contributed by atoms with Gasteiger partial charge in [0.15, 0.2) is 5.82 Å². The fourth-order valence-electron chi connectivity index (χ4n) is 1.37. The average molecular weight is 237 g/mol. The molecule has 0 unspecified atom stereocenters. The Morgan fingerprint density at radius 1 is 1.38 bits per heavy atom. The minimum absolute atomic E-state index is 0.314. The van der Waals surface area contributed by atoms with E-state index in [4.69, 9.17) is 17.3 Å². The summed E-state index contributed by atoms with van der Waals surface area (Å²) in [5.41, 5.74) is 7.05. The first-order valence-electron chi connectivity index (χ1n) is 5.05. The normalized spacial score (nSPS) is 11.0. The topological polar surface area (TPSA) is 67.6 Å². The number of benzene rings is 1. The fraction of sp³-hybridized carbons (Fsp3) is 0.273. The molecule has 0 aliphatic rings. The quantitative estimate of drug-likeness (QED) is 0.788. The number of aromatic amines is 1. The summed E-state index contributed by atoms with van der Waals surface area (Å²) in [6.45, 7) is 4.10. The molecule has 0 atom stereocenters. The van der Waals surface area contributed by atoms with E-state index in [2.05, 4.69) is 29.0 Å². The highest BCUT2D eigenvalue weighted by Crippen LogP contribution is 2.27. The lowest BCUT2D eigenvalue weighted by Crippen LogP contribution is -1.90. The molecule has 84 valence electrons. The van der Waals surface area contributed by atoms with Gasteiger partial charge in [-0.05, 0) is 18.2 Å². The van der Waals surface area contributed by atoms with Crippen molar-refractivity contribution in [2.75, 3.05) is 5.73 Å². The van der Waals surface area contributed by atoms with Crippen LogP contribution in [0.5, 0.6) is 0 Å². The Morgan fingerprint density at radius 3 is 2.69 bits per heavy atom. The van der Waals surface area contributed by atoms with Gasteiger partial charge >= 0.3 is 0 Å². The smallest absolute Gasteiger partial charge is 0.182 e. The van der Waals surface area contributed by atoms with E-state index in [0.717, 1.165) is 11.4 Å². The first-order valence-corrected chi connectivity index (χ1v) is 5.43. The van der Waals surface area contributed by atoms with Gasteiger partial charge < -0.3 is 5.73 Å². The van der Waals surface area contributed by atoms with Crippen molar-refractivity contribution in [1.82, 2.24) is 15.2 Å². The van der Waals surface area contributed by atoms with E-state index in [1.807, 2.05) is 6.07 Å². The fourth-order valence-corrected chi connectivity index (χ4v) is 1.64. The molecule has 0 amide bonds. The minimum atomic E-state index is 0.314. The molecule has 0 radical (unpaired) electrons. The highest BCUT2D eigenvalue weighted by atomic mass is 35.5. The Bertz CT molecular complexity index is 504. The van der Waals surface area contributed by atoms with Gasteiger partial charge in [0.1, 0.15) is 5.82 Å². The number of nitrogens with zero attached hydrogens (tertiary/aromatic N) is 2. The molecule has 2 aromatic rings. The Balaban J connectivity index is 2.42. The lowest BCUT2D eigenvalue weighted by atomic mass is 10.2. The van der Waals surface area contributed by atoms with Crippen LogP contribution in [0.3, 0.4) is 0 Å². The molecule has 0 spiro atoms. The van der Waals surface area contributed by atoms with Crippen LogP contribution in [0.4, 0.5) is 5.69 Å². The van der Waals surface area contributed by atoms with Crippen molar-refractivity contribution < 1.29 is 0 Å². The van der Waals surface area contributed by atoms with Gasteiger partial charge in [0.05, 0.1) is 5.02 Å². The maximum atomic E-state index is 6.08. The molecule has 0 aliphatic carbocycles. The van der Waals surface area contributed by atoms with Crippen molar-refractivity contribution in [2.45, 2.75) is 19.8 Å². The lowest BCUT2D eigenvalue weighted by Gasteiger charge is -2.00. The first kappa shape index (κ1) is 11.0. The summed E-state index contributed by atoms with van der Waals surface area (Å²) < 4.78 is 0. The number of anilines is 1.